The largest absolute Gasteiger partial charge is 0.355 e. The summed E-state index contributed by atoms with van der Waals surface area (Å²) in [5.41, 5.74) is 2.53. The average molecular weight is 314 g/mol. The first-order valence-corrected chi connectivity index (χ1v) is 8.20. The molecule has 0 radical (unpaired) electrons. The lowest BCUT2D eigenvalue weighted by Gasteiger charge is -2.15. The highest BCUT2D eigenvalue weighted by Crippen LogP contribution is 2.20. The second-order valence-corrected chi connectivity index (χ2v) is 6.21. The van der Waals surface area contributed by atoms with Crippen LogP contribution in [0.15, 0.2) is 30.6 Å². The number of hydrogen-bond donors (Lipinski definition) is 1. The van der Waals surface area contributed by atoms with Crippen LogP contribution in [0.25, 0.3) is 0 Å². The van der Waals surface area contributed by atoms with Gasteiger partial charge in [-0.15, -0.1) is 10.2 Å². The first-order valence-electron chi connectivity index (χ1n) is 8.20. The van der Waals surface area contributed by atoms with Crippen molar-refractivity contribution in [2.75, 3.05) is 6.54 Å². The Bertz CT molecular complexity index is 633. The quantitative estimate of drug-likeness (QED) is 0.855. The third kappa shape index (κ3) is 4.65. The maximum atomic E-state index is 12.2. The number of aryl methyl sites for hydroxylation is 2. The van der Waals surface area contributed by atoms with Crippen LogP contribution >= 0.6 is 0 Å². The van der Waals surface area contributed by atoms with Crippen molar-refractivity contribution in [3.8, 4) is 0 Å². The molecule has 0 saturated carbocycles. The maximum Gasteiger partial charge on any atom is 0.220 e. The molecule has 1 heterocycles. The standard InChI is InChI=1S/C18H26N4O/c1-5-15-6-8-16(9-7-15)13(2)10-17(23)19-11-14(3)18-21-20-12-22(18)4/h6-9,12-14H,5,10-11H2,1-4H3,(H,19,23)/t13-,14-/m0/s1. The molecule has 2 atom stereocenters. The Hall–Kier alpha value is -2.17. The van der Waals surface area contributed by atoms with E-state index in [0.717, 1.165) is 12.2 Å². The minimum atomic E-state index is 0.0751. The van der Waals surface area contributed by atoms with Crippen LogP contribution in [0.2, 0.25) is 0 Å². The fourth-order valence-corrected chi connectivity index (χ4v) is 2.65. The summed E-state index contributed by atoms with van der Waals surface area (Å²) in [5, 5.41) is 11.0. The number of rotatable bonds is 7. The molecule has 1 N–H and O–H groups in total. The van der Waals surface area contributed by atoms with Gasteiger partial charge in [-0.2, -0.15) is 0 Å². The highest BCUT2D eigenvalue weighted by Gasteiger charge is 2.15. The van der Waals surface area contributed by atoms with Gasteiger partial charge >= 0.3 is 0 Å². The van der Waals surface area contributed by atoms with Gasteiger partial charge < -0.3 is 9.88 Å². The van der Waals surface area contributed by atoms with E-state index in [1.807, 2.05) is 18.5 Å². The molecule has 0 fully saturated rings. The molecule has 0 aliphatic rings. The fraction of sp³-hybridized carbons (Fsp3) is 0.500. The zero-order chi connectivity index (χ0) is 16.8. The van der Waals surface area contributed by atoms with Crippen molar-refractivity contribution in [1.29, 1.82) is 0 Å². The van der Waals surface area contributed by atoms with E-state index < -0.39 is 0 Å². The Morgan fingerprint density at radius 2 is 1.91 bits per heavy atom. The number of amides is 1. The van der Waals surface area contributed by atoms with E-state index in [-0.39, 0.29) is 17.7 Å². The molecule has 23 heavy (non-hydrogen) atoms. The van der Waals surface area contributed by atoms with Crippen LogP contribution in [-0.4, -0.2) is 27.2 Å². The molecule has 5 heteroatoms. The van der Waals surface area contributed by atoms with Gasteiger partial charge in [-0.25, -0.2) is 0 Å². The van der Waals surface area contributed by atoms with Crippen LogP contribution in [0.4, 0.5) is 0 Å². The number of carbonyl (C=O) groups excluding carboxylic acids is 1. The molecule has 0 unspecified atom stereocenters. The SMILES string of the molecule is CCc1ccc([C@@H](C)CC(=O)NC[C@H](C)c2nncn2C)cc1. The van der Waals surface area contributed by atoms with Crippen molar-refractivity contribution in [2.24, 2.45) is 7.05 Å². The second-order valence-electron chi connectivity index (χ2n) is 6.21. The minimum absolute atomic E-state index is 0.0751. The van der Waals surface area contributed by atoms with Crippen molar-refractivity contribution in [2.45, 2.75) is 45.4 Å². The molecule has 0 bridgehead atoms. The van der Waals surface area contributed by atoms with Crippen LogP contribution in [0, 0.1) is 0 Å². The Balaban J connectivity index is 1.83. The number of benzene rings is 1. The van der Waals surface area contributed by atoms with Crippen LogP contribution in [0.3, 0.4) is 0 Å². The Labute approximate surface area is 138 Å². The molecule has 5 nitrogen and oxygen atoms in total. The molecule has 0 aliphatic heterocycles. The first-order chi connectivity index (χ1) is 11.0. The average Bonchev–Trinajstić information content (AvgIpc) is 2.98. The molecule has 0 spiro atoms. The van der Waals surface area contributed by atoms with E-state index >= 15 is 0 Å². The molecule has 1 amide bonds. The smallest absolute Gasteiger partial charge is 0.220 e. The topological polar surface area (TPSA) is 59.8 Å². The van der Waals surface area contributed by atoms with Crippen LogP contribution < -0.4 is 5.32 Å². The number of nitrogens with zero attached hydrogens (tertiary/aromatic N) is 3. The summed E-state index contributed by atoms with van der Waals surface area (Å²) < 4.78 is 1.88. The van der Waals surface area contributed by atoms with Gasteiger partial charge in [-0.1, -0.05) is 45.0 Å². The number of carbonyl (C=O) groups is 1. The third-order valence-corrected chi connectivity index (χ3v) is 4.24. The molecule has 1 aromatic carbocycles. The van der Waals surface area contributed by atoms with Gasteiger partial charge in [0.15, 0.2) is 0 Å². The molecule has 2 aromatic rings. The zero-order valence-corrected chi connectivity index (χ0v) is 14.4. The third-order valence-electron chi connectivity index (χ3n) is 4.24. The van der Waals surface area contributed by atoms with E-state index in [1.165, 1.54) is 11.1 Å². The maximum absolute atomic E-state index is 12.2. The minimum Gasteiger partial charge on any atom is -0.355 e. The lowest BCUT2D eigenvalue weighted by atomic mass is 9.96. The van der Waals surface area contributed by atoms with Gasteiger partial charge in [0, 0.05) is 25.9 Å². The second kappa shape index (κ2) is 7.90. The molecule has 0 aliphatic carbocycles. The number of nitrogens with one attached hydrogen (secondary N) is 1. The predicted molar refractivity (Wildman–Crippen MR) is 91.3 cm³/mol. The first kappa shape index (κ1) is 17.2. The molecule has 0 saturated heterocycles. The van der Waals surface area contributed by atoms with Crippen molar-refractivity contribution < 1.29 is 4.79 Å². The Morgan fingerprint density at radius 3 is 2.48 bits per heavy atom. The van der Waals surface area contributed by atoms with Gasteiger partial charge in [0.05, 0.1) is 0 Å². The monoisotopic (exact) mass is 314 g/mol. The highest BCUT2D eigenvalue weighted by molar-refractivity contribution is 5.76. The highest BCUT2D eigenvalue weighted by atomic mass is 16.1. The van der Waals surface area contributed by atoms with E-state index in [4.69, 9.17) is 0 Å². The van der Waals surface area contributed by atoms with Gasteiger partial charge in [-0.3, -0.25) is 4.79 Å². The zero-order valence-electron chi connectivity index (χ0n) is 14.4. The molecule has 2 rings (SSSR count). The number of aromatic nitrogens is 3. The van der Waals surface area contributed by atoms with Gasteiger partial charge in [0.1, 0.15) is 12.2 Å². The lowest BCUT2D eigenvalue weighted by Crippen LogP contribution is -2.29. The van der Waals surface area contributed by atoms with Crippen molar-refractivity contribution in [3.05, 3.63) is 47.5 Å². The summed E-state index contributed by atoms with van der Waals surface area (Å²) in [6.07, 6.45) is 3.21. The predicted octanol–water partition coefficient (Wildman–Crippen LogP) is 2.79. The van der Waals surface area contributed by atoms with E-state index in [1.54, 1.807) is 6.33 Å². The molecule has 1 aromatic heterocycles. The van der Waals surface area contributed by atoms with Gasteiger partial charge in [0.2, 0.25) is 5.91 Å². The van der Waals surface area contributed by atoms with Gasteiger partial charge in [-0.05, 0) is 23.5 Å². The van der Waals surface area contributed by atoms with Crippen molar-refractivity contribution in [1.82, 2.24) is 20.1 Å². The normalized spacial score (nSPS) is 13.6. The lowest BCUT2D eigenvalue weighted by molar-refractivity contribution is -0.121. The molecular formula is C18H26N4O. The van der Waals surface area contributed by atoms with E-state index in [9.17, 15) is 4.79 Å². The van der Waals surface area contributed by atoms with E-state index in [0.29, 0.717) is 13.0 Å². The summed E-state index contributed by atoms with van der Waals surface area (Å²) in [7, 11) is 1.91. The summed E-state index contributed by atoms with van der Waals surface area (Å²) in [5.74, 6) is 1.32. The van der Waals surface area contributed by atoms with Crippen LogP contribution in [0.1, 0.15) is 56.0 Å². The summed E-state index contributed by atoms with van der Waals surface area (Å²) >= 11 is 0. The fourth-order valence-electron chi connectivity index (χ4n) is 2.65. The van der Waals surface area contributed by atoms with Crippen molar-refractivity contribution in [3.63, 3.8) is 0 Å². The Kier molecular flexibility index (Phi) is 5.90. The van der Waals surface area contributed by atoms with Crippen molar-refractivity contribution >= 4 is 5.91 Å². The summed E-state index contributed by atoms with van der Waals surface area (Å²) in [6.45, 7) is 6.85. The van der Waals surface area contributed by atoms with Crippen LogP contribution in [-0.2, 0) is 18.3 Å². The van der Waals surface area contributed by atoms with Gasteiger partial charge in [0.25, 0.3) is 0 Å². The molecule has 124 valence electrons. The molecular weight excluding hydrogens is 288 g/mol. The summed E-state index contributed by atoms with van der Waals surface area (Å²) in [4.78, 5) is 12.2. The van der Waals surface area contributed by atoms with E-state index in [2.05, 4.69) is 53.6 Å². The summed E-state index contributed by atoms with van der Waals surface area (Å²) in [6, 6.07) is 8.53. The number of hydrogen-bond acceptors (Lipinski definition) is 3. The van der Waals surface area contributed by atoms with Crippen LogP contribution in [0.5, 0.6) is 0 Å². The Morgan fingerprint density at radius 1 is 1.22 bits per heavy atom.